The van der Waals surface area contributed by atoms with E-state index in [1.54, 1.807) is 26.0 Å². The Morgan fingerprint density at radius 1 is 1.00 bits per heavy atom. The second-order valence-corrected chi connectivity index (χ2v) is 8.00. The summed E-state index contributed by atoms with van der Waals surface area (Å²) < 4.78 is 31.5. The minimum absolute atomic E-state index is 0.0462. The molecular formula is C19H22N2O5S. The van der Waals surface area contributed by atoms with Crippen LogP contribution < -0.4 is 10.0 Å². The van der Waals surface area contributed by atoms with Crippen LogP contribution in [-0.4, -0.2) is 32.9 Å². The van der Waals surface area contributed by atoms with Gasteiger partial charge in [-0.2, -0.15) is 0 Å². The number of hydrogen-bond acceptors (Lipinski definition) is 5. The van der Waals surface area contributed by atoms with Crippen molar-refractivity contribution in [3.05, 3.63) is 59.7 Å². The first-order valence-corrected chi connectivity index (χ1v) is 9.82. The van der Waals surface area contributed by atoms with Crippen molar-refractivity contribution in [3.63, 3.8) is 0 Å². The molecule has 0 aromatic heterocycles. The van der Waals surface area contributed by atoms with E-state index in [0.717, 1.165) is 5.56 Å². The molecule has 2 aromatic carbocycles. The Kier molecular flexibility index (Phi) is 6.70. The van der Waals surface area contributed by atoms with Crippen LogP contribution in [-0.2, 0) is 19.6 Å². The molecule has 0 aliphatic carbocycles. The van der Waals surface area contributed by atoms with Crippen molar-refractivity contribution in [2.45, 2.75) is 31.7 Å². The number of sulfonamides is 1. The average molecular weight is 390 g/mol. The first kappa shape index (κ1) is 20.6. The lowest BCUT2D eigenvalue weighted by Crippen LogP contribution is -2.30. The number of esters is 1. The van der Waals surface area contributed by atoms with E-state index < -0.39 is 28.5 Å². The fourth-order valence-electron chi connectivity index (χ4n) is 2.20. The van der Waals surface area contributed by atoms with Crippen molar-refractivity contribution in [1.82, 2.24) is 4.72 Å². The van der Waals surface area contributed by atoms with E-state index in [9.17, 15) is 18.0 Å². The molecule has 2 aromatic rings. The maximum Gasteiger partial charge on any atom is 0.338 e. The molecule has 0 aliphatic rings. The van der Waals surface area contributed by atoms with Gasteiger partial charge in [0, 0.05) is 11.7 Å². The van der Waals surface area contributed by atoms with Gasteiger partial charge in [-0.25, -0.2) is 17.9 Å². The molecule has 8 heteroatoms. The molecule has 0 radical (unpaired) electrons. The van der Waals surface area contributed by atoms with Gasteiger partial charge in [0.1, 0.15) is 0 Å². The Bertz CT molecular complexity index is 904. The van der Waals surface area contributed by atoms with E-state index in [1.807, 2.05) is 19.1 Å². The quantitative estimate of drug-likeness (QED) is 0.707. The summed E-state index contributed by atoms with van der Waals surface area (Å²) in [7, 11) is -3.63. The molecule has 0 atom stereocenters. The van der Waals surface area contributed by atoms with Crippen LogP contribution >= 0.6 is 0 Å². The van der Waals surface area contributed by atoms with Crippen LogP contribution in [0.4, 0.5) is 5.69 Å². The fourth-order valence-corrected chi connectivity index (χ4v) is 3.45. The summed E-state index contributed by atoms with van der Waals surface area (Å²) in [5.74, 6) is -1.18. The molecule has 0 saturated heterocycles. The van der Waals surface area contributed by atoms with Gasteiger partial charge in [0.15, 0.2) is 6.61 Å². The number of rotatable bonds is 7. The molecule has 2 N–H and O–H groups in total. The monoisotopic (exact) mass is 390 g/mol. The van der Waals surface area contributed by atoms with Gasteiger partial charge in [0.2, 0.25) is 10.0 Å². The number of aryl methyl sites for hydroxylation is 1. The van der Waals surface area contributed by atoms with Crippen molar-refractivity contribution < 1.29 is 22.7 Å². The molecule has 0 saturated carbocycles. The maximum absolute atomic E-state index is 12.1. The molecule has 0 heterocycles. The van der Waals surface area contributed by atoms with Gasteiger partial charge in [-0.05, 0) is 57.2 Å². The SMILES string of the molecule is Cc1ccc(NC(=O)COC(=O)c2ccc(S(=O)(=O)NC(C)C)cc2)cc1. The molecule has 27 heavy (non-hydrogen) atoms. The molecule has 0 fully saturated rings. The first-order chi connectivity index (χ1) is 12.7. The highest BCUT2D eigenvalue weighted by atomic mass is 32.2. The summed E-state index contributed by atoms with van der Waals surface area (Å²) in [6.07, 6.45) is 0. The van der Waals surface area contributed by atoms with Gasteiger partial charge in [0.05, 0.1) is 10.5 Å². The Morgan fingerprint density at radius 3 is 2.15 bits per heavy atom. The summed E-state index contributed by atoms with van der Waals surface area (Å²) >= 11 is 0. The lowest BCUT2D eigenvalue weighted by atomic mass is 10.2. The standard InChI is InChI=1S/C19H22N2O5S/c1-13(2)21-27(24,25)17-10-6-15(7-11-17)19(23)26-12-18(22)20-16-8-4-14(3)5-9-16/h4-11,13,21H,12H2,1-3H3,(H,20,22). The van der Waals surface area contributed by atoms with E-state index in [0.29, 0.717) is 5.69 Å². The Labute approximate surface area is 158 Å². The fraction of sp³-hybridized carbons (Fsp3) is 0.263. The number of benzene rings is 2. The van der Waals surface area contributed by atoms with E-state index in [-0.39, 0.29) is 16.5 Å². The Balaban J connectivity index is 1.92. The topological polar surface area (TPSA) is 102 Å². The predicted molar refractivity (Wildman–Crippen MR) is 102 cm³/mol. The second-order valence-electron chi connectivity index (χ2n) is 6.29. The van der Waals surface area contributed by atoms with Crippen molar-refractivity contribution in [2.75, 3.05) is 11.9 Å². The predicted octanol–water partition coefficient (Wildman–Crippen LogP) is 2.48. The van der Waals surface area contributed by atoms with Gasteiger partial charge in [0.25, 0.3) is 5.91 Å². The molecular weight excluding hydrogens is 368 g/mol. The third kappa shape index (κ3) is 6.19. The third-order valence-corrected chi connectivity index (χ3v) is 5.14. The van der Waals surface area contributed by atoms with Gasteiger partial charge in [-0.1, -0.05) is 17.7 Å². The average Bonchev–Trinajstić information content (AvgIpc) is 2.61. The molecule has 0 unspecified atom stereocenters. The highest BCUT2D eigenvalue weighted by molar-refractivity contribution is 7.89. The van der Waals surface area contributed by atoms with Crippen LogP contribution in [0.15, 0.2) is 53.4 Å². The number of anilines is 1. The highest BCUT2D eigenvalue weighted by Crippen LogP contribution is 2.12. The third-order valence-electron chi connectivity index (χ3n) is 3.46. The largest absolute Gasteiger partial charge is 0.452 e. The van der Waals surface area contributed by atoms with Crippen molar-refractivity contribution in [3.8, 4) is 0 Å². The Hall–Kier alpha value is -2.71. The summed E-state index contributed by atoms with van der Waals surface area (Å²) in [5, 5.41) is 2.62. The van der Waals surface area contributed by atoms with Crippen LogP contribution in [0.3, 0.4) is 0 Å². The number of carbonyl (C=O) groups is 2. The summed E-state index contributed by atoms with van der Waals surface area (Å²) in [4.78, 5) is 23.9. The van der Waals surface area contributed by atoms with Crippen LogP contribution in [0.25, 0.3) is 0 Å². The molecule has 0 aliphatic heterocycles. The Morgan fingerprint density at radius 2 is 1.59 bits per heavy atom. The summed E-state index contributed by atoms with van der Waals surface area (Å²) in [5.41, 5.74) is 1.82. The van der Waals surface area contributed by atoms with Crippen LogP contribution in [0.1, 0.15) is 29.8 Å². The number of ether oxygens (including phenoxy) is 1. The molecule has 0 spiro atoms. The minimum Gasteiger partial charge on any atom is -0.452 e. The molecule has 144 valence electrons. The molecule has 1 amide bonds. The van der Waals surface area contributed by atoms with Gasteiger partial charge < -0.3 is 10.1 Å². The molecule has 2 rings (SSSR count). The van der Waals surface area contributed by atoms with E-state index in [4.69, 9.17) is 4.74 Å². The van der Waals surface area contributed by atoms with Gasteiger partial charge >= 0.3 is 5.97 Å². The van der Waals surface area contributed by atoms with Crippen LogP contribution in [0, 0.1) is 6.92 Å². The first-order valence-electron chi connectivity index (χ1n) is 8.33. The zero-order chi connectivity index (χ0) is 20.0. The molecule has 0 bridgehead atoms. The maximum atomic E-state index is 12.1. The number of amides is 1. The van der Waals surface area contributed by atoms with E-state index in [1.165, 1.54) is 24.3 Å². The minimum atomic E-state index is -3.63. The van der Waals surface area contributed by atoms with E-state index >= 15 is 0 Å². The van der Waals surface area contributed by atoms with Gasteiger partial charge in [-0.3, -0.25) is 4.79 Å². The number of hydrogen-bond donors (Lipinski definition) is 2. The molecule has 7 nitrogen and oxygen atoms in total. The summed E-state index contributed by atoms with van der Waals surface area (Å²) in [6.45, 7) is 4.92. The van der Waals surface area contributed by atoms with Gasteiger partial charge in [-0.15, -0.1) is 0 Å². The number of nitrogens with one attached hydrogen (secondary N) is 2. The lowest BCUT2D eigenvalue weighted by molar-refractivity contribution is -0.119. The number of carbonyl (C=O) groups excluding carboxylic acids is 2. The summed E-state index contributed by atoms with van der Waals surface area (Å²) in [6, 6.07) is 12.3. The van der Waals surface area contributed by atoms with Crippen LogP contribution in [0.5, 0.6) is 0 Å². The normalized spacial score (nSPS) is 11.3. The smallest absolute Gasteiger partial charge is 0.338 e. The second kappa shape index (κ2) is 8.79. The highest BCUT2D eigenvalue weighted by Gasteiger charge is 2.17. The van der Waals surface area contributed by atoms with E-state index in [2.05, 4.69) is 10.0 Å². The zero-order valence-corrected chi connectivity index (χ0v) is 16.2. The van der Waals surface area contributed by atoms with Crippen molar-refractivity contribution >= 4 is 27.6 Å². The van der Waals surface area contributed by atoms with Crippen molar-refractivity contribution in [2.24, 2.45) is 0 Å². The lowest BCUT2D eigenvalue weighted by Gasteiger charge is -2.10. The van der Waals surface area contributed by atoms with Crippen molar-refractivity contribution in [1.29, 1.82) is 0 Å². The van der Waals surface area contributed by atoms with Crippen LogP contribution in [0.2, 0.25) is 0 Å². The zero-order valence-electron chi connectivity index (χ0n) is 15.4.